The van der Waals surface area contributed by atoms with Crippen molar-refractivity contribution in [2.75, 3.05) is 13.1 Å². The molecule has 3 unspecified atom stereocenters. The lowest BCUT2D eigenvalue weighted by Crippen LogP contribution is -2.44. The molecule has 3 atom stereocenters. The molecular weight excluding hydrogens is 222 g/mol. The summed E-state index contributed by atoms with van der Waals surface area (Å²) in [5.41, 5.74) is 0. The van der Waals surface area contributed by atoms with Crippen LogP contribution in [0.25, 0.3) is 0 Å². The van der Waals surface area contributed by atoms with E-state index in [1.165, 1.54) is 51.5 Å². The largest absolute Gasteiger partial charge is 0.300 e. The summed E-state index contributed by atoms with van der Waals surface area (Å²) in [7, 11) is 0. The third-order valence-corrected chi connectivity index (χ3v) is 4.98. The van der Waals surface area contributed by atoms with Gasteiger partial charge in [0.1, 0.15) is 0 Å². The molecule has 3 rings (SSSR count). The van der Waals surface area contributed by atoms with E-state index in [0.29, 0.717) is 6.04 Å². The number of rotatable bonds is 5. The van der Waals surface area contributed by atoms with Crippen LogP contribution >= 0.6 is 0 Å². The number of piperidine rings is 1. The van der Waals surface area contributed by atoms with Crippen LogP contribution < -0.4 is 5.32 Å². The first-order valence-electron chi connectivity index (χ1n) is 7.76. The van der Waals surface area contributed by atoms with Crippen LogP contribution in [0.3, 0.4) is 0 Å². The summed E-state index contributed by atoms with van der Waals surface area (Å²) in [5.74, 6) is 0.968. The van der Waals surface area contributed by atoms with Crippen molar-refractivity contribution in [3.63, 3.8) is 0 Å². The smallest absolute Gasteiger partial charge is 0.0967 e. The highest BCUT2D eigenvalue weighted by atomic mass is 15.2. The summed E-state index contributed by atoms with van der Waals surface area (Å²) < 4.78 is 0. The molecule has 0 aromatic carbocycles. The fourth-order valence-electron chi connectivity index (χ4n) is 3.85. The predicted octanol–water partition coefficient (Wildman–Crippen LogP) is 2.29. The van der Waals surface area contributed by atoms with Crippen molar-refractivity contribution in [1.29, 1.82) is 5.26 Å². The number of hydrogen-bond acceptors (Lipinski definition) is 3. The molecular formula is C15H25N3. The van der Waals surface area contributed by atoms with E-state index in [4.69, 9.17) is 0 Å². The highest BCUT2D eigenvalue weighted by molar-refractivity contribution is 4.97. The molecule has 0 amide bonds. The summed E-state index contributed by atoms with van der Waals surface area (Å²) in [6, 6.07) is 4.01. The number of likely N-dealkylation sites (tertiary alicyclic amines) is 1. The second-order valence-electron chi connectivity index (χ2n) is 6.35. The molecule has 100 valence electrons. The van der Waals surface area contributed by atoms with Gasteiger partial charge in [-0.3, -0.25) is 5.32 Å². The molecule has 0 radical (unpaired) electrons. The fraction of sp³-hybridized carbons (Fsp3) is 0.933. The Kier molecular flexibility index (Phi) is 3.86. The molecule has 1 aliphatic heterocycles. The molecule has 3 nitrogen and oxygen atoms in total. The molecule has 1 N–H and O–H groups in total. The van der Waals surface area contributed by atoms with Crippen LogP contribution in [0.4, 0.5) is 0 Å². The lowest BCUT2D eigenvalue weighted by atomic mass is 9.91. The molecule has 3 aliphatic rings. The van der Waals surface area contributed by atoms with Gasteiger partial charge in [-0.15, -0.1) is 0 Å². The van der Waals surface area contributed by atoms with E-state index in [9.17, 15) is 5.26 Å². The van der Waals surface area contributed by atoms with Gasteiger partial charge in [0.15, 0.2) is 0 Å². The van der Waals surface area contributed by atoms with Gasteiger partial charge < -0.3 is 4.90 Å². The molecule has 18 heavy (non-hydrogen) atoms. The highest BCUT2D eigenvalue weighted by Gasteiger charge is 2.35. The summed E-state index contributed by atoms with van der Waals surface area (Å²) in [5, 5.41) is 12.6. The monoisotopic (exact) mass is 247 g/mol. The Morgan fingerprint density at radius 2 is 2.00 bits per heavy atom. The number of nitrogens with one attached hydrogen (secondary N) is 1. The van der Waals surface area contributed by atoms with Gasteiger partial charge in [-0.1, -0.05) is 6.42 Å². The summed E-state index contributed by atoms with van der Waals surface area (Å²) in [4.78, 5) is 2.68. The molecule has 3 fully saturated rings. The first-order valence-corrected chi connectivity index (χ1v) is 7.76. The predicted molar refractivity (Wildman–Crippen MR) is 72.1 cm³/mol. The van der Waals surface area contributed by atoms with Crippen LogP contribution in [0, 0.1) is 17.2 Å². The van der Waals surface area contributed by atoms with Crippen LogP contribution in [0.15, 0.2) is 0 Å². The van der Waals surface area contributed by atoms with E-state index in [1.807, 2.05) is 0 Å². The minimum atomic E-state index is 0.0827. The van der Waals surface area contributed by atoms with Gasteiger partial charge >= 0.3 is 0 Å². The zero-order valence-electron chi connectivity index (χ0n) is 11.3. The zero-order chi connectivity index (χ0) is 12.4. The lowest BCUT2D eigenvalue weighted by Gasteiger charge is -2.38. The minimum absolute atomic E-state index is 0.0827. The zero-order valence-corrected chi connectivity index (χ0v) is 11.3. The molecule has 0 aromatic rings. The Balaban J connectivity index is 1.47. The summed E-state index contributed by atoms with van der Waals surface area (Å²) >= 11 is 0. The van der Waals surface area contributed by atoms with Crippen LogP contribution in [-0.4, -0.2) is 36.1 Å². The SMILES string of the molecule is N#CC(CCN1CCCC2CCCC21)NC1CC1. The second-order valence-corrected chi connectivity index (χ2v) is 6.35. The maximum absolute atomic E-state index is 9.19. The van der Waals surface area contributed by atoms with Crippen molar-refractivity contribution >= 4 is 0 Å². The van der Waals surface area contributed by atoms with E-state index in [2.05, 4.69) is 16.3 Å². The van der Waals surface area contributed by atoms with Crippen molar-refractivity contribution in [3.8, 4) is 6.07 Å². The van der Waals surface area contributed by atoms with Crippen molar-refractivity contribution < 1.29 is 0 Å². The lowest BCUT2D eigenvalue weighted by molar-refractivity contribution is 0.110. The van der Waals surface area contributed by atoms with Gasteiger partial charge in [0.2, 0.25) is 0 Å². The third-order valence-electron chi connectivity index (χ3n) is 4.98. The van der Waals surface area contributed by atoms with Crippen molar-refractivity contribution in [2.24, 2.45) is 5.92 Å². The average molecular weight is 247 g/mol. The maximum atomic E-state index is 9.19. The Labute approximate surface area is 111 Å². The van der Waals surface area contributed by atoms with Crippen molar-refractivity contribution in [2.45, 2.75) is 69.5 Å². The van der Waals surface area contributed by atoms with Crippen LogP contribution in [-0.2, 0) is 0 Å². The Morgan fingerprint density at radius 1 is 1.17 bits per heavy atom. The van der Waals surface area contributed by atoms with Crippen molar-refractivity contribution in [1.82, 2.24) is 10.2 Å². The molecule has 0 spiro atoms. The Morgan fingerprint density at radius 3 is 2.78 bits per heavy atom. The first-order chi connectivity index (χ1) is 8.86. The quantitative estimate of drug-likeness (QED) is 0.810. The summed E-state index contributed by atoms with van der Waals surface area (Å²) in [6.07, 6.45) is 10.6. The average Bonchev–Trinajstić information content (AvgIpc) is 3.08. The van der Waals surface area contributed by atoms with E-state index >= 15 is 0 Å². The standard InChI is InChI=1S/C15H25N3/c16-11-14(17-13-6-7-13)8-10-18-9-2-4-12-3-1-5-15(12)18/h12-15,17H,1-10H2. The van der Waals surface area contributed by atoms with E-state index in [0.717, 1.165) is 24.9 Å². The molecule has 0 aromatic heterocycles. The Hall–Kier alpha value is -0.590. The molecule has 2 saturated carbocycles. The normalized spacial score (nSPS) is 33.9. The van der Waals surface area contributed by atoms with Gasteiger partial charge in [0.25, 0.3) is 0 Å². The number of fused-ring (bicyclic) bond motifs is 1. The third kappa shape index (κ3) is 2.87. The van der Waals surface area contributed by atoms with Crippen molar-refractivity contribution in [3.05, 3.63) is 0 Å². The number of nitriles is 1. The summed E-state index contributed by atoms with van der Waals surface area (Å²) in [6.45, 7) is 2.39. The highest BCUT2D eigenvalue weighted by Crippen LogP contribution is 2.36. The molecule has 3 heteroatoms. The number of hydrogen-bond donors (Lipinski definition) is 1. The first kappa shape index (κ1) is 12.4. The van der Waals surface area contributed by atoms with Gasteiger partial charge in [0.05, 0.1) is 12.1 Å². The molecule has 1 saturated heterocycles. The van der Waals surface area contributed by atoms with E-state index < -0.39 is 0 Å². The molecule has 2 aliphatic carbocycles. The van der Waals surface area contributed by atoms with Crippen LogP contribution in [0.1, 0.15) is 51.4 Å². The van der Waals surface area contributed by atoms with E-state index in [1.54, 1.807) is 0 Å². The van der Waals surface area contributed by atoms with Gasteiger partial charge in [-0.05, 0) is 57.4 Å². The second kappa shape index (κ2) is 5.59. The van der Waals surface area contributed by atoms with Gasteiger partial charge in [0, 0.05) is 18.6 Å². The Bertz CT molecular complexity index is 318. The van der Waals surface area contributed by atoms with Gasteiger partial charge in [-0.25, -0.2) is 0 Å². The van der Waals surface area contributed by atoms with Crippen LogP contribution in [0.5, 0.6) is 0 Å². The van der Waals surface area contributed by atoms with E-state index in [-0.39, 0.29) is 6.04 Å². The number of nitrogens with zero attached hydrogens (tertiary/aromatic N) is 2. The topological polar surface area (TPSA) is 39.1 Å². The van der Waals surface area contributed by atoms with Crippen LogP contribution in [0.2, 0.25) is 0 Å². The molecule has 1 heterocycles. The minimum Gasteiger partial charge on any atom is -0.300 e. The molecule has 0 bridgehead atoms. The maximum Gasteiger partial charge on any atom is 0.0967 e. The van der Waals surface area contributed by atoms with Gasteiger partial charge in [-0.2, -0.15) is 5.26 Å². The fourth-order valence-corrected chi connectivity index (χ4v) is 3.85.